The third-order valence-corrected chi connectivity index (χ3v) is 8.67. The van der Waals surface area contributed by atoms with Gasteiger partial charge < -0.3 is 4.57 Å². The summed E-state index contributed by atoms with van der Waals surface area (Å²) >= 11 is 0. The highest BCUT2D eigenvalue weighted by Crippen LogP contribution is 2.41. The standard InChI is InChI=1S/C33H31N2/c1-3-33(4-2)22-24-17-18-25(21-29(24)32-26-12-6-5-11-23(26)19-20-34(32)33)35-30-15-9-7-13-27(30)28-14-8-10-16-31(28)35/h5-7,9-13,15-21H,3-4,8,14,22H2,1-2H3/q+1. The van der Waals surface area contributed by atoms with Crippen LogP contribution in [-0.4, -0.2) is 4.57 Å². The number of aryl methyl sites for hydroxylation is 1. The molecule has 0 N–H and O–H groups in total. The molecule has 5 aromatic rings. The summed E-state index contributed by atoms with van der Waals surface area (Å²) in [5.74, 6) is 0. The molecule has 35 heavy (non-hydrogen) atoms. The van der Waals surface area contributed by atoms with Crippen molar-refractivity contribution in [1.82, 2.24) is 4.57 Å². The van der Waals surface area contributed by atoms with Crippen molar-refractivity contribution in [3.8, 4) is 16.9 Å². The van der Waals surface area contributed by atoms with Crippen LogP contribution in [-0.2, 0) is 18.4 Å². The minimum Gasteiger partial charge on any atom is -0.310 e. The molecule has 0 bridgehead atoms. The Labute approximate surface area is 207 Å². The number of hydrogen-bond donors (Lipinski definition) is 0. The predicted octanol–water partition coefficient (Wildman–Crippen LogP) is 7.77. The molecule has 0 saturated carbocycles. The minimum absolute atomic E-state index is 0.121. The van der Waals surface area contributed by atoms with Crippen molar-refractivity contribution in [3.63, 3.8) is 0 Å². The Bertz CT molecular complexity index is 1650. The van der Waals surface area contributed by atoms with Gasteiger partial charge in [-0.25, -0.2) is 0 Å². The summed E-state index contributed by atoms with van der Waals surface area (Å²) in [7, 11) is 0. The number of pyridine rings is 1. The van der Waals surface area contributed by atoms with Crippen LogP contribution in [0.3, 0.4) is 0 Å². The smallest absolute Gasteiger partial charge is 0.221 e. The maximum Gasteiger partial charge on any atom is 0.221 e. The zero-order chi connectivity index (χ0) is 23.6. The van der Waals surface area contributed by atoms with Crippen molar-refractivity contribution in [2.45, 2.75) is 51.5 Å². The molecule has 2 heteroatoms. The molecule has 3 aromatic carbocycles. The Morgan fingerprint density at radius 1 is 0.886 bits per heavy atom. The maximum absolute atomic E-state index is 2.60. The summed E-state index contributed by atoms with van der Waals surface area (Å²) in [6.07, 6.45) is 12.6. The second-order valence-electron chi connectivity index (χ2n) is 10.2. The van der Waals surface area contributed by atoms with Crippen molar-refractivity contribution in [2.24, 2.45) is 0 Å². The number of benzene rings is 3. The van der Waals surface area contributed by atoms with Crippen LogP contribution in [0.25, 0.3) is 44.7 Å². The van der Waals surface area contributed by atoms with Crippen LogP contribution in [0.15, 0.2) is 85.1 Å². The van der Waals surface area contributed by atoms with Crippen LogP contribution in [0.2, 0.25) is 0 Å². The topological polar surface area (TPSA) is 8.81 Å². The van der Waals surface area contributed by atoms with Gasteiger partial charge in [-0.3, -0.25) is 0 Å². The first kappa shape index (κ1) is 20.7. The SMILES string of the molecule is CCC1(CC)Cc2ccc(-n3c4c(c5ccccc53)CCC=C4)cc2-c2c3ccccc3cc[n+]21. The fourth-order valence-corrected chi connectivity index (χ4v) is 6.71. The van der Waals surface area contributed by atoms with Gasteiger partial charge in [0.15, 0.2) is 11.7 Å². The Morgan fingerprint density at radius 3 is 2.54 bits per heavy atom. The van der Waals surface area contributed by atoms with E-state index in [1.807, 2.05) is 0 Å². The number of fused-ring (bicyclic) bond motifs is 8. The third kappa shape index (κ3) is 2.86. The first-order chi connectivity index (χ1) is 17.2. The Hall–Kier alpha value is -3.65. The lowest BCUT2D eigenvalue weighted by Crippen LogP contribution is -2.60. The summed E-state index contributed by atoms with van der Waals surface area (Å²) in [5, 5.41) is 4.05. The second-order valence-corrected chi connectivity index (χ2v) is 10.2. The van der Waals surface area contributed by atoms with Crippen molar-refractivity contribution >= 4 is 27.8 Å². The molecular weight excluding hydrogens is 424 g/mol. The van der Waals surface area contributed by atoms with E-state index in [1.165, 1.54) is 55.4 Å². The fourth-order valence-electron chi connectivity index (χ4n) is 6.71. The van der Waals surface area contributed by atoms with Gasteiger partial charge in [-0.15, -0.1) is 0 Å². The summed E-state index contributed by atoms with van der Waals surface area (Å²) in [6.45, 7) is 4.69. The van der Waals surface area contributed by atoms with Gasteiger partial charge >= 0.3 is 0 Å². The Morgan fingerprint density at radius 2 is 1.69 bits per heavy atom. The number of para-hydroxylation sites is 1. The van der Waals surface area contributed by atoms with Crippen molar-refractivity contribution in [3.05, 3.63) is 102 Å². The van der Waals surface area contributed by atoms with Crippen LogP contribution >= 0.6 is 0 Å². The van der Waals surface area contributed by atoms with Gasteiger partial charge in [-0.2, -0.15) is 4.57 Å². The van der Waals surface area contributed by atoms with Gasteiger partial charge in [0.2, 0.25) is 5.69 Å². The zero-order valence-corrected chi connectivity index (χ0v) is 20.6. The monoisotopic (exact) mass is 455 g/mol. The number of aromatic nitrogens is 2. The van der Waals surface area contributed by atoms with Crippen LogP contribution in [0.1, 0.15) is 49.9 Å². The fraction of sp³-hybridized carbons (Fsp3) is 0.242. The molecule has 0 atom stereocenters. The summed E-state index contributed by atoms with van der Waals surface area (Å²) < 4.78 is 5.09. The first-order valence-corrected chi connectivity index (χ1v) is 13.1. The molecule has 1 aliphatic carbocycles. The van der Waals surface area contributed by atoms with Crippen LogP contribution in [0.5, 0.6) is 0 Å². The van der Waals surface area contributed by atoms with Crippen molar-refractivity contribution in [2.75, 3.05) is 0 Å². The molecule has 0 spiro atoms. The van der Waals surface area contributed by atoms with E-state index in [1.54, 1.807) is 0 Å². The molecule has 2 aromatic heterocycles. The van der Waals surface area contributed by atoms with Crippen LogP contribution in [0, 0.1) is 0 Å². The molecule has 0 fully saturated rings. The summed E-state index contributed by atoms with van der Waals surface area (Å²) in [6, 6.07) is 27.3. The van der Waals surface area contributed by atoms with Crippen LogP contribution in [0.4, 0.5) is 0 Å². The highest BCUT2D eigenvalue weighted by Gasteiger charge is 2.44. The van der Waals surface area contributed by atoms with E-state index in [0.29, 0.717) is 0 Å². The lowest BCUT2D eigenvalue weighted by atomic mass is 9.78. The molecule has 0 radical (unpaired) electrons. The molecule has 7 rings (SSSR count). The highest BCUT2D eigenvalue weighted by atomic mass is 15.1. The number of rotatable bonds is 3. The van der Waals surface area contributed by atoms with Crippen molar-refractivity contribution < 1.29 is 4.57 Å². The average Bonchev–Trinajstić information content (AvgIpc) is 3.26. The predicted molar refractivity (Wildman–Crippen MR) is 146 cm³/mol. The molecule has 1 aliphatic heterocycles. The van der Waals surface area contributed by atoms with Gasteiger partial charge in [0.25, 0.3) is 0 Å². The zero-order valence-electron chi connectivity index (χ0n) is 20.6. The normalized spacial score (nSPS) is 15.7. The largest absolute Gasteiger partial charge is 0.310 e. The van der Waals surface area contributed by atoms with Gasteiger partial charge in [0.1, 0.15) is 0 Å². The molecule has 0 amide bonds. The van der Waals surface area contributed by atoms with Gasteiger partial charge in [-0.05, 0) is 59.7 Å². The quantitative estimate of drug-likeness (QED) is 0.246. The maximum atomic E-state index is 2.60. The molecule has 0 unspecified atom stereocenters. The van der Waals surface area contributed by atoms with E-state index in [2.05, 4.69) is 114 Å². The molecular formula is C33H31N2+. The van der Waals surface area contributed by atoms with E-state index >= 15 is 0 Å². The van der Waals surface area contributed by atoms with Gasteiger partial charge in [-0.1, -0.05) is 62.4 Å². The molecule has 3 heterocycles. The molecule has 2 aliphatic rings. The van der Waals surface area contributed by atoms with E-state index < -0.39 is 0 Å². The van der Waals surface area contributed by atoms with Crippen molar-refractivity contribution in [1.29, 1.82) is 0 Å². The first-order valence-electron chi connectivity index (χ1n) is 13.1. The molecule has 2 nitrogen and oxygen atoms in total. The Balaban J connectivity index is 1.54. The number of nitrogens with zero attached hydrogens (tertiary/aromatic N) is 2. The summed E-state index contributed by atoms with van der Waals surface area (Å²) in [4.78, 5) is 0. The van der Waals surface area contributed by atoms with E-state index in [-0.39, 0.29) is 5.54 Å². The lowest BCUT2D eigenvalue weighted by molar-refractivity contribution is -0.757. The Kier molecular flexibility index (Phi) is 4.54. The molecule has 172 valence electrons. The van der Waals surface area contributed by atoms with Gasteiger partial charge in [0.05, 0.1) is 16.5 Å². The van der Waals surface area contributed by atoms with E-state index in [4.69, 9.17) is 0 Å². The second kappa shape index (κ2) is 7.68. The highest BCUT2D eigenvalue weighted by molar-refractivity contribution is 5.95. The van der Waals surface area contributed by atoms with Gasteiger partial charge in [0, 0.05) is 42.1 Å². The third-order valence-electron chi connectivity index (χ3n) is 8.67. The lowest BCUT2D eigenvalue weighted by Gasteiger charge is -2.33. The average molecular weight is 456 g/mol. The summed E-state index contributed by atoms with van der Waals surface area (Å²) in [5.41, 5.74) is 9.73. The molecule has 0 saturated heterocycles. The van der Waals surface area contributed by atoms with Crippen LogP contribution < -0.4 is 4.57 Å². The minimum atomic E-state index is 0.121. The number of allylic oxidation sites excluding steroid dienone is 1. The number of hydrogen-bond acceptors (Lipinski definition) is 0. The van der Waals surface area contributed by atoms with E-state index in [0.717, 1.165) is 32.1 Å². The van der Waals surface area contributed by atoms with E-state index in [9.17, 15) is 0 Å².